The molecule has 6 nitrogen and oxygen atoms in total. The molecule has 1 saturated heterocycles. The summed E-state index contributed by atoms with van der Waals surface area (Å²) >= 11 is 1.97. The van der Waals surface area contributed by atoms with Crippen molar-refractivity contribution in [1.82, 2.24) is 10.2 Å². The molecule has 2 heterocycles. The van der Waals surface area contributed by atoms with Gasteiger partial charge in [-0.1, -0.05) is 6.08 Å². The zero-order valence-corrected chi connectivity index (χ0v) is 11.8. The number of rotatable bonds is 3. The Labute approximate surface area is 122 Å². The number of hydrogen-bond donors (Lipinski definition) is 1. The zero-order valence-electron chi connectivity index (χ0n) is 9.68. The van der Waals surface area contributed by atoms with Crippen molar-refractivity contribution in [2.24, 2.45) is 0 Å². The SMILES string of the molecule is C=CCN1C(=O)NC(=O)C(=Cc2ccc(I)o2)C1=O. The fourth-order valence-corrected chi connectivity index (χ4v) is 1.97. The summed E-state index contributed by atoms with van der Waals surface area (Å²) in [4.78, 5) is 36.1. The topological polar surface area (TPSA) is 79.6 Å². The van der Waals surface area contributed by atoms with Crippen LogP contribution in [0.5, 0.6) is 0 Å². The van der Waals surface area contributed by atoms with Crippen molar-refractivity contribution in [3.05, 3.63) is 39.9 Å². The highest BCUT2D eigenvalue weighted by Crippen LogP contribution is 2.17. The Morgan fingerprint density at radius 3 is 2.68 bits per heavy atom. The van der Waals surface area contributed by atoms with Gasteiger partial charge in [0.05, 0.1) is 0 Å². The lowest BCUT2D eigenvalue weighted by Crippen LogP contribution is -2.54. The average molecular weight is 372 g/mol. The maximum Gasteiger partial charge on any atom is 0.331 e. The van der Waals surface area contributed by atoms with E-state index >= 15 is 0 Å². The van der Waals surface area contributed by atoms with E-state index in [-0.39, 0.29) is 12.1 Å². The van der Waals surface area contributed by atoms with Crippen LogP contribution in [-0.2, 0) is 9.59 Å². The zero-order chi connectivity index (χ0) is 14.0. The Balaban J connectivity index is 2.35. The number of carbonyl (C=O) groups excluding carboxylic acids is 3. The summed E-state index contributed by atoms with van der Waals surface area (Å²) in [6, 6.07) is 2.58. The van der Waals surface area contributed by atoms with Crippen LogP contribution in [0.15, 0.2) is 34.8 Å². The highest BCUT2D eigenvalue weighted by molar-refractivity contribution is 14.1. The van der Waals surface area contributed by atoms with Crippen LogP contribution in [0.3, 0.4) is 0 Å². The third kappa shape index (κ3) is 2.75. The molecule has 1 aliphatic rings. The fourth-order valence-electron chi connectivity index (χ4n) is 1.54. The Bertz CT molecular complexity index is 603. The second-order valence-corrected chi connectivity index (χ2v) is 4.73. The molecule has 1 fully saturated rings. The van der Waals surface area contributed by atoms with Crippen LogP contribution < -0.4 is 5.32 Å². The molecule has 0 saturated carbocycles. The van der Waals surface area contributed by atoms with E-state index in [9.17, 15) is 14.4 Å². The van der Waals surface area contributed by atoms with Crippen LogP contribution in [0, 0.1) is 3.77 Å². The standard InChI is InChI=1S/C12H9IN2O4/c1-2-5-15-11(17)8(10(16)14-12(15)18)6-7-3-4-9(13)19-7/h2-4,6H,1,5H2,(H,14,16,18). The van der Waals surface area contributed by atoms with Crippen molar-refractivity contribution in [1.29, 1.82) is 0 Å². The smallest absolute Gasteiger partial charge is 0.331 e. The third-order valence-corrected chi connectivity index (χ3v) is 2.96. The quantitative estimate of drug-likeness (QED) is 0.378. The second-order valence-electron chi connectivity index (χ2n) is 3.66. The summed E-state index contributed by atoms with van der Waals surface area (Å²) in [7, 11) is 0. The number of nitrogens with one attached hydrogen (secondary N) is 1. The number of nitrogens with zero attached hydrogens (tertiary/aromatic N) is 1. The number of hydrogen-bond acceptors (Lipinski definition) is 4. The molecular formula is C12H9IN2O4. The first-order valence-electron chi connectivity index (χ1n) is 5.28. The van der Waals surface area contributed by atoms with Crippen molar-refractivity contribution >= 4 is 46.5 Å². The van der Waals surface area contributed by atoms with Gasteiger partial charge in [-0.25, -0.2) is 4.79 Å². The molecule has 0 bridgehead atoms. The van der Waals surface area contributed by atoms with E-state index in [1.54, 1.807) is 12.1 Å². The van der Waals surface area contributed by atoms with Crippen molar-refractivity contribution in [2.45, 2.75) is 0 Å². The molecule has 1 aromatic rings. The predicted octanol–water partition coefficient (Wildman–Crippen LogP) is 1.53. The average Bonchev–Trinajstić information content (AvgIpc) is 2.76. The summed E-state index contributed by atoms with van der Waals surface area (Å²) in [6.07, 6.45) is 2.71. The number of halogens is 1. The van der Waals surface area contributed by atoms with Crippen molar-refractivity contribution < 1.29 is 18.8 Å². The van der Waals surface area contributed by atoms with Crippen LogP contribution in [0.2, 0.25) is 0 Å². The molecule has 0 aromatic carbocycles. The molecule has 1 aromatic heterocycles. The first kappa shape index (κ1) is 13.5. The van der Waals surface area contributed by atoms with Gasteiger partial charge in [0, 0.05) is 6.54 Å². The van der Waals surface area contributed by atoms with Gasteiger partial charge in [0.15, 0.2) is 3.77 Å². The van der Waals surface area contributed by atoms with Crippen LogP contribution in [-0.4, -0.2) is 29.3 Å². The number of barbiturate groups is 1. The molecule has 1 aliphatic heterocycles. The van der Waals surface area contributed by atoms with Gasteiger partial charge in [-0.2, -0.15) is 0 Å². The second kappa shape index (κ2) is 5.39. The first-order valence-corrected chi connectivity index (χ1v) is 6.36. The lowest BCUT2D eigenvalue weighted by Gasteiger charge is -2.24. The molecule has 98 valence electrons. The number of carbonyl (C=O) groups is 3. The fraction of sp³-hybridized carbons (Fsp3) is 0.0833. The maximum absolute atomic E-state index is 12.0. The van der Waals surface area contributed by atoms with Crippen LogP contribution in [0.4, 0.5) is 4.79 Å². The van der Waals surface area contributed by atoms with Gasteiger partial charge in [-0.05, 0) is 40.8 Å². The van der Waals surface area contributed by atoms with E-state index in [1.165, 1.54) is 12.2 Å². The minimum atomic E-state index is -0.749. The molecule has 0 unspecified atom stereocenters. The van der Waals surface area contributed by atoms with E-state index in [0.29, 0.717) is 9.53 Å². The van der Waals surface area contributed by atoms with Gasteiger partial charge in [0.25, 0.3) is 11.8 Å². The van der Waals surface area contributed by atoms with Gasteiger partial charge in [-0.3, -0.25) is 19.8 Å². The Hall–Kier alpha value is -1.90. The molecule has 0 atom stereocenters. The lowest BCUT2D eigenvalue weighted by molar-refractivity contribution is -0.129. The number of urea groups is 1. The van der Waals surface area contributed by atoms with Crippen molar-refractivity contribution in [3.8, 4) is 0 Å². The highest BCUT2D eigenvalue weighted by atomic mass is 127. The molecule has 1 N–H and O–H groups in total. The Morgan fingerprint density at radius 2 is 2.11 bits per heavy atom. The molecule has 19 heavy (non-hydrogen) atoms. The van der Waals surface area contributed by atoms with Gasteiger partial charge in [-0.15, -0.1) is 6.58 Å². The normalized spacial score (nSPS) is 17.8. The molecule has 4 amide bonds. The molecule has 7 heteroatoms. The van der Waals surface area contributed by atoms with Crippen LogP contribution >= 0.6 is 22.6 Å². The minimum Gasteiger partial charge on any atom is -0.451 e. The number of imide groups is 2. The monoisotopic (exact) mass is 372 g/mol. The third-order valence-electron chi connectivity index (χ3n) is 2.38. The van der Waals surface area contributed by atoms with E-state index in [1.807, 2.05) is 22.6 Å². The molecule has 0 radical (unpaired) electrons. The summed E-state index contributed by atoms with van der Waals surface area (Å²) in [6.45, 7) is 3.49. The Kier molecular flexibility index (Phi) is 3.84. The summed E-state index contributed by atoms with van der Waals surface area (Å²) in [5, 5.41) is 2.09. The van der Waals surface area contributed by atoms with Crippen molar-refractivity contribution in [2.75, 3.05) is 6.54 Å². The van der Waals surface area contributed by atoms with Crippen LogP contribution in [0.1, 0.15) is 5.76 Å². The Morgan fingerprint density at radius 1 is 1.37 bits per heavy atom. The lowest BCUT2D eigenvalue weighted by atomic mass is 10.1. The van der Waals surface area contributed by atoms with E-state index < -0.39 is 17.8 Å². The van der Waals surface area contributed by atoms with Gasteiger partial charge in [0.2, 0.25) is 0 Å². The summed E-state index contributed by atoms with van der Waals surface area (Å²) < 4.78 is 5.89. The highest BCUT2D eigenvalue weighted by Gasteiger charge is 2.35. The summed E-state index contributed by atoms with van der Waals surface area (Å²) in [5.41, 5.74) is -0.146. The molecule has 2 rings (SSSR count). The molecular weight excluding hydrogens is 363 g/mol. The largest absolute Gasteiger partial charge is 0.451 e. The summed E-state index contributed by atoms with van der Waals surface area (Å²) in [5.74, 6) is -1.03. The van der Waals surface area contributed by atoms with Crippen LogP contribution in [0.25, 0.3) is 6.08 Å². The molecule has 0 spiro atoms. The van der Waals surface area contributed by atoms with Gasteiger partial charge in [0.1, 0.15) is 11.3 Å². The first-order chi connectivity index (χ1) is 9.02. The van der Waals surface area contributed by atoms with E-state index in [0.717, 1.165) is 4.90 Å². The van der Waals surface area contributed by atoms with Gasteiger partial charge < -0.3 is 4.42 Å². The number of amides is 4. The maximum atomic E-state index is 12.0. The minimum absolute atomic E-state index is 0.0327. The van der Waals surface area contributed by atoms with E-state index in [4.69, 9.17) is 4.42 Å². The van der Waals surface area contributed by atoms with Crippen molar-refractivity contribution in [3.63, 3.8) is 0 Å². The predicted molar refractivity (Wildman–Crippen MR) is 74.9 cm³/mol. The number of furan rings is 1. The molecule has 0 aliphatic carbocycles. The van der Waals surface area contributed by atoms with E-state index in [2.05, 4.69) is 11.9 Å². The van der Waals surface area contributed by atoms with Gasteiger partial charge >= 0.3 is 6.03 Å².